The Morgan fingerprint density at radius 2 is 1.15 bits per heavy atom. The third-order valence-electron chi connectivity index (χ3n) is 4.44. The highest BCUT2D eigenvalue weighted by molar-refractivity contribution is 4.82. The van der Waals surface area contributed by atoms with Gasteiger partial charge in [-0.3, -0.25) is 0 Å². The van der Waals surface area contributed by atoms with Crippen molar-refractivity contribution in [3.63, 3.8) is 0 Å². The van der Waals surface area contributed by atoms with Crippen LogP contribution in [0, 0.1) is 23.7 Å². The standard InChI is InChI=1S/C20H40/c1-17(2)15-13-11-9-7-8-10-12-14-16-20(18(3)4)19(5)6/h8,10,17-20H,7,9,11-16H2,1-6H3. The lowest BCUT2D eigenvalue weighted by Gasteiger charge is -2.24. The molecule has 0 aromatic rings. The zero-order chi connectivity index (χ0) is 15.4. The quantitative estimate of drug-likeness (QED) is 0.261. The van der Waals surface area contributed by atoms with Crippen LogP contribution in [0.2, 0.25) is 0 Å². The van der Waals surface area contributed by atoms with E-state index in [1.807, 2.05) is 0 Å². The van der Waals surface area contributed by atoms with Crippen LogP contribution >= 0.6 is 0 Å². The van der Waals surface area contributed by atoms with Gasteiger partial charge in [0.2, 0.25) is 0 Å². The molecule has 0 amide bonds. The van der Waals surface area contributed by atoms with Gasteiger partial charge in [-0.1, -0.05) is 73.0 Å². The highest BCUT2D eigenvalue weighted by atomic mass is 14.2. The Labute approximate surface area is 129 Å². The Morgan fingerprint density at radius 1 is 0.600 bits per heavy atom. The van der Waals surface area contributed by atoms with Crippen molar-refractivity contribution in [3.05, 3.63) is 12.2 Å². The minimum Gasteiger partial charge on any atom is -0.0885 e. The molecule has 120 valence electrons. The summed E-state index contributed by atoms with van der Waals surface area (Å²) in [6.07, 6.45) is 15.8. The SMILES string of the molecule is CC(C)CCCCCC=CCCCC(C(C)C)C(C)C. The minimum atomic E-state index is 0.833. The first-order valence-corrected chi connectivity index (χ1v) is 9.10. The maximum atomic E-state index is 2.42. The first-order valence-electron chi connectivity index (χ1n) is 9.10. The van der Waals surface area contributed by atoms with Crippen molar-refractivity contribution < 1.29 is 0 Å². The van der Waals surface area contributed by atoms with Crippen LogP contribution in [0.4, 0.5) is 0 Å². The van der Waals surface area contributed by atoms with E-state index in [1.54, 1.807) is 0 Å². The molecule has 0 saturated carbocycles. The molecule has 0 aromatic heterocycles. The zero-order valence-electron chi connectivity index (χ0n) is 15.1. The van der Waals surface area contributed by atoms with Gasteiger partial charge in [0, 0.05) is 0 Å². The van der Waals surface area contributed by atoms with Crippen LogP contribution < -0.4 is 0 Å². The topological polar surface area (TPSA) is 0 Å². The van der Waals surface area contributed by atoms with Crippen LogP contribution in [-0.2, 0) is 0 Å². The van der Waals surface area contributed by atoms with Gasteiger partial charge in [-0.25, -0.2) is 0 Å². The van der Waals surface area contributed by atoms with Gasteiger partial charge < -0.3 is 0 Å². The van der Waals surface area contributed by atoms with E-state index in [0.717, 1.165) is 23.7 Å². The summed E-state index contributed by atoms with van der Waals surface area (Å²) in [7, 11) is 0. The smallest absolute Gasteiger partial charge is 0.0351 e. The molecule has 0 atom stereocenters. The second kappa shape index (κ2) is 12.5. The van der Waals surface area contributed by atoms with Crippen LogP contribution in [0.5, 0.6) is 0 Å². The lowest BCUT2D eigenvalue weighted by Crippen LogP contribution is -2.15. The lowest BCUT2D eigenvalue weighted by molar-refractivity contribution is 0.264. The molecule has 0 saturated heterocycles. The molecule has 20 heavy (non-hydrogen) atoms. The van der Waals surface area contributed by atoms with Gasteiger partial charge >= 0.3 is 0 Å². The van der Waals surface area contributed by atoms with E-state index in [4.69, 9.17) is 0 Å². The van der Waals surface area contributed by atoms with Gasteiger partial charge in [0.15, 0.2) is 0 Å². The van der Waals surface area contributed by atoms with Crippen molar-refractivity contribution in [1.82, 2.24) is 0 Å². The molecule has 0 radical (unpaired) electrons. The molecular formula is C20H40. The maximum absolute atomic E-state index is 2.42. The first kappa shape index (κ1) is 19.7. The van der Waals surface area contributed by atoms with Gasteiger partial charge in [0.25, 0.3) is 0 Å². The van der Waals surface area contributed by atoms with Crippen molar-refractivity contribution in [1.29, 1.82) is 0 Å². The predicted molar refractivity (Wildman–Crippen MR) is 94.1 cm³/mol. The molecule has 0 aromatic carbocycles. The Balaban J connectivity index is 3.48. The summed E-state index contributed by atoms with van der Waals surface area (Å²) in [6, 6.07) is 0. The summed E-state index contributed by atoms with van der Waals surface area (Å²) in [5.41, 5.74) is 0. The van der Waals surface area contributed by atoms with Crippen LogP contribution in [0.1, 0.15) is 92.9 Å². The van der Waals surface area contributed by atoms with E-state index < -0.39 is 0 Å². The average Bonchev–Trinajstić information content (AvgIpc) is 2.34. The van der Waals surface area contributed by atoms with Crippen LogP contribution in [0.15, 0.2) is 12.2 Å². The zero-order valence-corrected chi connectivity index (χ0v) is 15.1. The average molecular weight is 281 g/mol. The molecule has 0 aliphatic heterocycles. The van der Waals surface area contributed by atoms with E-state index in [9.17, 15) is 0 Å². The number of allylic oxidation sites excluding steroid dienone is 2. The largest absolute Gasteiger partial charge is 0.0885 e. The number of hydrogen-bond acceptors (Lipinski definition) is 0. The highest BCUT2D eigenvalue weighted by Crippen LogP contribution is 2.26. The molecular weight excluding hydrogens is 240 g/mol. The molecule has 0 aliphatic carbocycles. The number of rotatable bonds is 12. The van der Waals surface area contributed by atoms with Crippen molar-refractivity contribution in [2.75, 3.05) is 0 Å². The van der Waals surface area contributed by atoms with E-state index in [-0.39, 0.29) is 0 Å². The predicted octanol–water partition coefficient (Wildman–Crippen LogP) is 7.25. The highest BCUT2D eigenvalue weighted by Gasteiger charge is 2.16. The fourth-order valence-corrected chi connectivity index (χ4v) is 3.14. The summed E-state index contributed by atoms with van der Waals surface area (Å²) in [4.78, 5) is 0. The fraction of sp³-hybridized carbons (Fsp3) is 0.900. The first-order chi connectivity index (χ1) is 9.45. The number of unbranched alkanes of at least 4 members (excludes halogenated alkanes) is 4. The molecule has 0 aliphatic rings. The van der Waals surface area contributed by atoms with E-state index >= 15 is 0 Å². The van der Waals surface area contributed by atoms with Gasteiger partial charge in [-0.05, 0) is 55.8 Å². The van der Waals surface area contributed by atoms with Crippen molar-refractivity contribution >= 4 is 0 Å². The fourth-order valence-electron chi connectivity index (χ4n) is 3.14. The number of hydrogen-bond donors (Lipinski definition) is 0. The van der Waals surface area contributed by atoms with E-state index in [1.165, 1.54) is 51.4 Å². The molecule has 0 fully saturated rings. The van der Waals surface area contributed by atoms with Gasteiger partial charge in [-0.2, -0.15) is 0 Å². The summed E-state index contributed by atoms with van der Waals surface area (Å²) in [5.74, 6) is 3.44. The molecule has 0 rings (SSSR count). The molecule has 0 heteroatoms. The second-order valence-corrected chi connectivity index (χ2v) is 7.59. The Kier molecular flexibility index (Phi) is 12.3. The Morgan fingerprint density at radius 3 is 1.65 bits per heavy atom. The monoisotopic (exact) mass is 280 g/mol. The third kappa shape index (κ3) is 11.6. The van der Waals surface area contributed by atoms with E-state index in [2.05, 4.69) is 53.7 Å². The van der Waals surface area contributed by atoms with E-state index in [0.29, 0.717) is 0 Å². The molecule has 0 nitrogen and oxygen atoms in total. The van der Waals surface area contributed by atoms with Gasteiger partial charge in [-0.15, -0.1) is 0 Å². The van der Waals surface area contributed by atoms with Crippen molar-refractivity contribution in [2.24, 2.45) is 23.7 Å². The Bertz CT molecular complexity index is 214. The minimum absolute atomic E-state index is 0.833. The van der Waals surface area contributed by atoms with Crippen LogP contribution in [0.25, 0.3) is 0 Å². The molecule has 0 N–H and O–H groups in total. The molecule has 0 bridgehead atoms. The maximum Gasteiger partial charge on any atom is -0.0351 e. The van der Waals surface area contributed by atoms with Gasteiger partial charge in [0.1, 0.15) is 0 Å². The van der Waals surface area contributed by atoms with Crippen molar-refractivity contribution in [2.45, 2.75) is 92.9 Å². The second-order valence-electron chi connectivity index (χ2n) is 7.59. The van der Waals surface area contributed by atoms with Crippen LogP contribution in [0.3, 0.4) is 0 Å². The summed E-state index contributed by atoms with van der Waals surface area (Å²) < 4.78 is 0. The van der Waals surface area contributed by atoms with Crippen molar-refractivity contribution in [3.8, 4) is 0 Å². The normalized spacial score (nSPS) is 12.7. The summed E-state index contributed by atoms with van der Waals surface area (Å²) in [6.45, 7) is 14.1. The summed E-state index contributed by atoms with van der Waals surface area (Å²) in [5, 5.41) is 0. The molecule has 0 unspecified atom stereocenters. The van der Waals surface area contributed by atoms with Crippen LogP contribution in [-0.4, -0.2) is 0 Å². The third-order valence-corrected chi connectivity index (χ3v) is 4.44. The molecule has 0 heterocycles. The van der Waals surface area contributed by atoms with Gasteiger partial charge in [0.05, 0.1) is 0 Å². The Hall–Kier alpha value is -0.260. The summed E-state index contributed by atoms with van der Waals surface area (Å²) >= 11 is 0. The lowest BCUT2D eigenvalue weighted by atomic mass is 9.82. The molecule has 0 spiro atoms.